The zero-order valence-corrected chi connectivity index (χ0v) is 11.8. The standard InChI is InChI=1S/C14H15F4N3/c1-7(2)11-12(20-21(3)13(11)19)8-4-5-10(15)9(6-8)14(16,17)18/h4-7H,19H2,1-3H3. The summed E-state index contributed by atoms with van der Waals surface area (Å²) in [6.45, 7) is 3.73. The molecule has 0 unspecified atom stereocenters. The van der Waals surface area contributed by atoms with Crippen LogP contribution in [0.5, 0.6) is 0 Å². The number of nitrogen functional groups attached to an aromatic ring is 1. The van der Waals surface area contributed by atoms with Gasteiger partial charge in [0.25, 0.3) is 0 Å². The van der Waals surface area contributed by atoms with E-state index in [2.05, 4.69) is 5.10 Å². The molecule has 0 aliphatic carbocycles. The Kier molecular flexibility index (Phi) is 3.69. The smallest absolute Gasteiger partial charge is 0.384 e. The topological polar surface area (TPSA) is 43.8 Å². The fourth-order valence-corrected chi connectivity index (χ4v) is 2.23. The number of alkyl halides is 3. The maximum atomic E-state index is 13.4. The fourth-order valence-electron chi connectivity index (χ4n) is 2.23. The first-order valence-electron chi connectivity index (χ1n) is 6.32. The van der Waals surface area contributed by atoms with Gasteiger partial charge in [-0.05, 0) is 24.1 Å². The van der Waals surface area contributed by atoms with Gasteiger partial charge in [-0.1, -0.05) is 13.8 Å². The summed E-state index contributed by atoms with van der Waals surface area (Å²) in [5, 5.41) is 4.16. The number of aromatic nitrogens is 2. The van der Waals surface area contributed by atoms with Crippen molar-refractivity contribution in [1.82, 2.24) is 9.78 Å². The van der Waals surface area contributed by atoms with Crippen LogP contribution in [-0.2, 0) is 13.2 Å². The first-order valence-corrected chi connectivity index (χ1v) is 6.32. The molecule has 3 nitrogen and oxygen atoms in total. The number of nitrogens with zero attached hydrogens (tertiary/aromatic N) is 2. The van der Waals surface area contributed by atoms with E-state index in [1.54, 1.807) is 7.05 Å². The monoisotopic (exact) mass is 301 g/mol. The van der Waals surface area contributed by atoms with Crippen molar-refractivity contribution in [3.8, 4) is 11.3 Å². The molecule has 2 rings (SSSR count). The van der Waals surface area contributed by atoms with Gasteiger partial charge >= 0.3 is 6.18 Å². The van der Waals surface area contributed by atoms with Gasteiger partial charge in [-0.15, -0.1) is 0 Å². The predicted octanol–water partition coefficient (Wildman–Crippen LogP) is 3.95. The van der Waals surface area contributed by atoms with Gasteiger partial charge in [0.05, 0.1) is 11.3 Å². The molecular weight excluding hydrogens is 286 g/mol. The predicted molar refractivity (Wildman–Crippen MR) is 72.1 cm³/mol. The van der Waals surface area contributed by atoms with E-state index in [4.69, 9.17) is 5.73 Å². The van der Waals surface area contributed by atoms with E-state index in [1.807, 2.05) is 13.8 Å². The molecule has 0 aliphatic heterocycles. The molecule has 0 saturated heterocycles. The van der Waals surface area contributed by atoms with E-state index in [1.165, 1.54) is 10.7 Å². The molecular formula is C14H15F4N3. The van der Waals surface area contributed by atoms with E-state index >= 15 is 0 Å². The lowest BCUT2D eigenvalue weighted by Gasteiger charge is -2.11. The van der Waals surface area contributed by atoms with Crippen LogP contribution >= 0.6 is 0 Å². The number of benzene rings is 1. The Morgan fingerprint density at radius 1 is 1.24 bits per heavy atom. The Morgan fingerprint density at radius 2 is 1.86 bits per heavy atom. The molecule has 21 heavy (non-hydrogen) atoms. The number of hydrogen-bond acceptors (Lipinski definition) is 2. The molecule has 2 N–H and O–H groups in total. The molecule has 1 aromatic heterocycles. The van der Waals surface area contributed by atoms with Crippen molar-refractivity contribution in [2.75, 3.05) is 5.73 Å². The highest BCUT2D eigenvalue weighted by molar-refractivity contribution is 5.70. The third-order valence-electron chi connectivity index (χ3n) is 3.25. The van der Waals surface area contributed by atoms with E-state index in [0.717, 1.165) is 12.1 Å². The molecule has 1 aromatic carbocycles. The van der Waals surface area contributed by atoms with Crippen molar-refractivity contribution in [3.05, 3.63) is 35.1 Å². The normalized spacial score (nSPS) is 12.2. The number of rotatable bonds is 2. The van der Waals surface area contributed by atoms with Crippen molar-refractivity contribution < 1.29 is 17.6 Å². The molecule has 0 saturated carbocycles. The molecule has 0 bridgehead atoms. The number of nitrogens with two attached hydrogens (primary N) is 1. The van der Waals surface area contributed by atoms with Gasteiger partial charge in [0, 0.05) is 18.2 Å². The number of aryl methyl sites for hydroxylation is 1. The van der Waals surface area contributed by atoms with E-state index in [9.17, 15) is 17.6 Å². The van der Waals surface area contributed by atoms with Crippen LogP contribution in [0.2, 0.25) is 0 Å². The molecule has 0 atom stereocenters. The summed E-state index contributed by atoms with van der Waals surface area (Å²) in [4.78, 5) is 0. The summed E-state index contributed by atoms with van der Waals surface area (Å²) >= 11 is 0. The zero-order chi connectivity index (χ0) is 15.9. The van der Waals surface area contributed by atoms with Crippen molar-refractivity contribution in [2.45, 2.75) is 25.9 Å². The van der Waals surface area contributed by atoms with Gasteiger partial charge < -0.3 is 5.73 Å². The number of hydrogen-bond donors (Lipinski definition) is 1. The number of halogens is 4. The Hall–Kier alpha value is -2.05. The largest absolute Gasteiger partial charge is 0.419 e. The first kappa shape index (κ1) is 15.3. The van der Waals surface area contributed by atoms with Crippen molar-refractivity contribution in [2.24, 2.45) is 7.05 Å². The second-order valence-electron chi connectivity index (χ2n) is 5.12. The lowest BCUT2D eigenvalue weighted by Crippen LogP contribution is -2.08. The van der Waals surface area contributed by atoms with Crippen molar-refractivity contribution >= 4 is 5.82 Å². The third kappa shape index (κ3) is 2.72. The summed E-state index contributed by atoms with van der Waals surface area (Å²) in [6, 6.07) is 2.84. The van der Waals surface area contributed by atoms with E-state index in [0.29, 0.717) is 17.1 Å². The molecule has 0 spiro atoms. The summed E-state index contributed by atoms with van der Waals surface area (Å²) in [5.41, 5.74) is 5.78. The van der Waals surface area contributed by atoms with E-state index < -0.39 is 17.6 Å². The molecule has 0 radical (unpaired) electrons. The highest BCUT2D eigenvalue weighted by Crippen LogP contribution is 2.37. The van der Waals surface area contributed by atoms with Crippen LogP contribution in [0.4, 0.5) is 23.4 Å². The SMILES string of the molecule is CC(C)c1c(-c2ccc(F)c(C(F)(F)F)c2)nn(C)c1N. The zero-order valence-electron chi connectivity index (χ0n) is 11.8. The minimum atomic E-state index is -4.75. The van der Waals surface area contributed by atoms with Gasteiger partial charge in [-0.2, -0.15) is 18.3 Å². The highest BCUT2D eigenvalue weighted by atomic mass is 19.4. The molecule has 114 valence electrons. The average molecular weight is 301 g/mol. The molecule has 2 aromatic rings. The molecule has 0 aliphatic rings. The second kappa shape index (κ2) is 5.05. The van der Waals surface area contributed by atoms with Crippen molar-refractivity contribution in [1.29, 1.82) is 0 Å². The average Bonchev–Trinajstić information content (AvgIpc) is 2.65. The second-order valence-corrected chi connectivity index (χ2v) is 5.12. The van der Waals surface area contributed by atoms with Gasteiger partial charge in [-0.3, -0.25) is 4.68 Å². The first-order chi connectivity index (χ1) is 9.62. The Labute approximate surface area is 119 Å². The molecule has 1 heterocycles. The fraction of sp³-hybridized carbons (Fsp3) is 0.357. The minimum absolute atomic E-state index is 0.0203. The van der Waals surface area contributed by atoms with Crippen LogP contribution in [0.1, 0.15) is 30.9 Å². The maximum absolute atomic E-state index is 13.4. The molecule has 0 amide bonds. The quantitative estimate of drug-likeness (QED) is 0.854. The summed E-state index contributed by atoms with van der Waals surface area (Å²) in [5.74, 6) is -0.938. The van der Waals surface area contributed by atoms with Gasteiger partial charge in [0.2, 0.25) is 0 Å². The molecule has 7 heteroatoms. The van der Waals surface area contributed by atoms with Gasteiger partial charge in [0.15, 0.2) is 0 Å². The Balaban J connectivity index is 2.66. The lowest BCUT2D eigenvalue weighted by molar-refractivity contribution is -0.139. The maximum Gasteiger partial charge on any atom is 0.419 e. The van der Waals surface area contributed by atoms with Crippen LogP contribution in [-0.4, -0.2) is 9.78 Å². The van der Waals surface area contributed by atoms with Crippen LogP contribution in [0.3, 0.4) is 0 Å². The summed E-state index contributed by atoms with van der Waals surface area (Å²) in [6.07, 6.45) is -4.75. The molecule has 0 fully saturated rings. The summed E-state index contributed by atoms with van der Waals surface area (Å²) < 4.78 is 53.2. The number of anilines is 1. The van der Waals surface area contributed by atoms with Crippen LogP contribution in [0.25, 0.3) is 11.3 Å². The highest BCUT2D eigenvalue weighted by Gasteiger charge is 2.34. The minimum Gasteiger partial charge on any atom is -0.384 e. The van der Waals surface area contributed by atoms with E-state index in [-0.39, 0.29) is 11.5 Å². The summed E-state index contributed by atoms with van der Waals surface area (Å²) in [7, 11) is 1.61. The van der Waals surface area contributed by atoms with Crippen LogP contribution in [0, 0.1) is 5.82 Å². The Morgan fingerprint density at radius 3 is 2.38 bits per heavy atom. The van der Waals surface area contributed by atoms with Gasteiger partial charge in [0.1, 0.15) is 11.6 Å². The van der Waals surface area contributed by atoms with Crippen molar-refractivity contribution in [3.63, 3.8) is 0 Å². The van der Waals surface area contributed by atoms with Crippen LogP contribution in [0.15, 0.2) is 18.2 Å². The Bertz CT molecular complexity index is 672. The van der Waals surface area contributed by atoms with Gasteiger partial charge in [-0.25, -0.2) is 4.39 Å². The van der Waals surface area contributed by atoms with Crippen LogP contribution < -0.4 is 5.73 Å². The lowest BCUT2D eigenvalue weighted by atomic mass is 9.97. The third-order valence-corrected chi connectivity index (χ3v) is 3.25.